The lowest BCUT2D eigenvalue weighted by Gasteiger charge is -2.31. The Labute approximate surface area is 144 Å². The van der Waals surface area contributed by atoms with Crippen molar-refractivity contribution in [2.45, 2.75) is 12.6 Å². The van der Waals surface area contributed by atoms with Crippen LogP contribution in [0.15, 0.2) is 49.3 Å². The summed E-state index contributed by atoms with van der Waals surface area (Å²) in [6.45, 7) is 1.95. The zero-order valence-corrected chi connectivity index (χ0v) is 13.5. The quantitative estimate of drug-likeness (QED) is 0.667. The van der Waals surface area contributed by atoms with Crippen molar-refractivity contribution < 1.29 is 0 Å². The summed E-state index contributed by atoms with van der Waals surface area (Å²) in [7, 11) is 0. The van der Waals surface area contributed by atoms with Crippen LogP contribution in [0.2, 0.25) is 0 Å². The van der Waals surface area contributed by atoms with E-state index in [4.69, 9.17) is 5.73 Å². The molecule has 4 N–H and O–H groups in total. The summed E-state index contributed by atoms with van der Waals surface area (Å²) in [6.07, 6.45) is 12.0. The maximum Gasteiger partial charge on any atom is 0.151 e. The molecule has 1 atom stereocenters. The van der Waals surface area contributed by atoms with Gasteiger partial charge in [-0.3, -0.25) is 4.98 Å². The number of hydrogen-bond acceptors (Lipinski definition) is 8. The molecule has 0 saturated carbocycles. The van der Waals surface area contributed by atoms with Crippen LogP contribution in [0.1, 0.15) is 17.0 Å². The Hall–Kier alpha value is -3.39. The first-order chi connectivity index (χ1) is 12.1. The number of fused-ring (bicyclic) bond motifs is 1. The highest BCUT2D eigenvalue weighted by atomic mass is 15.2. The normalized spacial score (nSPS) is 18.3. The molecule has 0 fully saturated rings. The van der Waals surface area contributed by atoms with Gasteiger partial charge in [-0.2, -0.15) is 10.2 Å². The van der Waals surface area contributed by atoms with Gasteiger partial charge < -0.3 is 16.4 Å². The molecule has 0 saturated heterocycles. The van der Waals surface area contributed by atoms with E-state index < -0.39 is 5.66 Å². The minimum absolute atomic E-state index is 0.643. The second-order valence-electron chi connectivity index (χ2n) is 5.85. The van der Waals surface area contributed by atoms with Crippen molar-refractivity contribution in [2.24, 2.45) is 5.73 Å². The van der Waals surface area contributed by atoms with Crippen LogP contribution in [0.4, 0.5) is 17.1 Å². The van der Waals surface area contributed by atoms with E-state index in [1.807, 2.05) is 31.2 Å². The fraction of sp³-hybridized carbons (Fsp3) is 0.118. The van der Waals surface area contributed by atoms with Gasteiger partial charge >= 0.3 is 0 Å². The molecule has 4 heterocycles. The standard InChI is InChI=1S/C17H16N8/c1-11-4-16(25-22-6-11)17(18)3-2-14-15(24-17)5-12(9-21-14)23-13-7-19-10-20-8-13/h2-10,23-24H,18H2,1H3. The van der Waals surface area contributed by atoms with Gasteiger partial charge in [-0.1, -0.05) is 0 Å². The second kappa shape index (κ2) is 5.91. The Kier molecular flexibility index (Phi) is 3.58. The van der Waals surface area contributed by atoms with Crippen molar-refractivity contribution in [3.63, 3.8) is 0 Å². The molecule has 3 aromatic rings. The molecule has 0 spiro atoms. The molecule has 1 aliphatic heterocycles. The van der Waals surface area contributed by atoms with Gasteiger partial charge in [0.25, 0.3) is 0 Å². The van der Waals surface area contributed by atoms with Gasteiger partial charge in [0.15, 0.2) is 5.66 Å². The van der Waals surface area contributed by atoms with E-state index in [0.717, 1.165) is 28.3 Å². The number of pyridine rings is 1. The molecule has 0 radical (unpaired) electrons. The van der Waals surface area contributed by atoms with E-state index in [9.17, 15) is 0 Å². The fourth-order valence-corrected chi connectivity index (χ4v) is 2.60. The summed E-state index contributed by atoms with van der Waals surface area (Å²) in [5, 5.41) is 14.7. The molecule has 4 rings (SSSR count). The van der Waals surface area contributed by atoms with Crippen LogP contribution in [0, 0.1) is 6.92 Å². The number of nitrogens with one attached hydrogen (secondary N) is 2. The molecule has 8 heteroatoms. The molecule has 0 aromatic carbocycles. The first-order valence-corrected chi connectivity index (χ1v) is 7.71. The Morgan fingerprint density at radius 2 is 1.92 bits per heavy atom. The third-order valence-corrected chi connectivity index (χ3v) is 3.83. The smallest absolute Gasteiger partial charge is 0.151 e. The Morgan fingerprint density at radius 1 is 1.08 bits per heavy atom. The van der Waals surface area contributed by atoms with Crippen LogP contribution in [0.5, 0.6) is 0 Å². The topological polar surface area (TPSA) is 115 Å². The Bertz CT molecular complexity index is 940. The zero-order chi connectivity index (χ0) is 17.3. The third-order valence-electron chi connectivity index (χ3n) is 3.83. The van der Waals surface area contributed by atoms with E-state index in [2.05, 4.69) is 35.8 Å². The second-order valence-corrected chi connectivity index (χ2v) is 5.85. The van der Waals surface area contributed by atoms with Crippen molar-refractivity contribution >= 4 is 23.1 Å². The van der Waals surface area contributed by atoms with E-state index in [1.165, 1.54) is 6.33 Å². The van der Waals surface area contributed by atoms with Gasteiger partial charge in [0.2, 0.25) is 0 Å². The van der Waals surface area contributed by atoms with Gasteiger partial charge in [0.1, 0.15) is 12.0 Å². The van der Waals surface area contributed by atoms with Crippen LogP contribution < -0.4 is 16.4 Å². The maximum atomic E-state index is 6.50. The van der Waals surface area contributed by atoms with Crippen LogP contribution >= 0.6 is 0 Å². The number of nitrogens with zero attached hydrogens (tertiary/aromatic N) is 5. The lowest BCUT2D eigenvalue weighted by molar-refractivity contribution is 0.608. The highest BCUT2D eigenvalue weighted by molar-refractivity contribution is 5.74. The average molecular weight is 332 g/mol. The summed E-state index contributed by atoms with van der Waals surface area (Å²) < 4.78 is 0. The Balaban J connectivity index is 1.65. The summed E-state index contributed by atoms with van der Waals surface area (Å²) in [5.74, 6) is 0. The first-order valence-electron chi connectivity index (χ1n) is 7.71. The zero-order valence-electron chi connectivity index (χ0n) is 13.5. The maximum absolute atomic E-state index is 6.50. The van der Waals surface area contributed by atoms with E-state index in [1.54, 1.807) is 24.8 Å². The highest BCUT2D eigenvalue weighted by Gasteiger charge is 2.30. The molecule has 0 amide bonds. The molecular formula is C17H16N8. The Morgan fingerprint density at radius 3 is 2.72 bits per heavy atom. The molecular weight excluding hydrogens is 316 g/mol. The predicted molar refractivity (Wildman–Crippen MR) is 94.8 cm³/mol. The number of aryl methyl sites for hydroxylation is 1. The molecule has 1 unspecified atom stereocenters. The number of anilines is 3. The van der Waals surface area contributed by atoms with Gasteiger partial charge in [-0.25, -0.2) is 9.97 Å². The lowest BCUT2D eigenvalue weighted by atomic mass is 10.00. The van der Waals surface area contributed by atoms with Gasteiger partial charge in [-0.05, 0) is 36.8 Å². The molecule has 0 aliphatic carbocycles. The largest absolute Gasteiger partial charge is 0.357 e. The van der Waals surface area contributed by atoms with E-state index in [0.29, 0.717) is 5.69 Å². The predicted octanol–water partition coefficient (Wildman–Crippen LogP) is 1.96. The van der Waals surface area contributed by atoms with Crippen molar-refractivity contribution in [3.05, 3.63) is 66.3 Å². The summed E-state index contributed by atoms with van der Waals surface area (Å²) >= 11 is 0. The van der Waals surface area contributed by atoms with Crippen molar-refractivity contribution in [1.29, 1.82) is 0 Å². The number of hydrogen-bond donors (Lipinski definition) is 3. The summed E-state index contributed by atoms with van der Waals surface area (Å²) in [4.78, 5) is 12.4. The van der Waals surface area contributed by atoms with E-state index in [-0.39, 0.29) is 0 Å². The average Bonchev–Trinajstić information content (AvgIpc) is 2.62. The fourth-order valence-electron chi connectivity index (χ4n) is 2.60. The first kappa shape index (κ1) is 15.2. The lowest BCUT2D eigenvalue weighted by Crippen LogP contribution is -2.45. The monoisotopic (exact) mass is 332 g/mol. The molecule has 0 bridgehead atoms. The SMILES string of the molecule is Cc1cnnc(C2(N)C=Cc3ncc(Nc4cncnc4)cc3N2)c1. The molecule has 3 aromatic heterocycles. The van der Waals surface area contributed by atoms with E-state index >= 15 is 0 Å². The van der Waals surface area contributed by atoms with Crippen LogP contribution in [-0.4, -0.2) is 25.1 Å². The molecule has 124 valence electrons. The molecule has 1 aliphatic rings. The van der Waals surface area contributed by atoms with Gasteiger partial charge in [0, 0.05) is 0 Å². The van der Waals surface area contributed by atoms with Gasteiger partial charge in [-0.15, -0.1) is 0 Å². The summed E-state index contributed by atoms with van der Waals surface area (Å²) in [5.41, 5.74) is 10.4. The molecule has 8 nitrogen and oxygen atoms in total. The third kappa shape index (κ3) is 3.02. The van der Waals surface area contributed by atoms with Crippen LogP contribution in [0.3, 0.4) is 0 Å². The van der Waals surface area contributed by atoms with Crippen molar-refractivity contribution in [3.8, 4) is 0 Å². The number of nitrogens with two attached hydrogens (primary N) is 1. The van der Waals surface area contributed by atoms with Crippen molar-refractivity contribution in [1.82, 2.24) is 25.1 Å². The molecule has 25 heavy (non-hydrogen) atoms. The summed E-state index contributed by atoms with van der Waals surface area (Å²) in [6, 6.07) is 3.84. The van der Waals surface area contributed by atoms with Gasteiger partial charge in [0.05, 0.1) is 47.5 Å². The minimum Gasteiger partial charge on any atom is -0.357 e. The minimum atomic E-state index is -0.942. The number of aromatic nitrogens is 5. The number of rotatable bonds is 3. The van der Waals surface area contributed by atoms with Crippen LogP contribution in [0.25, 0.3) is 6.08 Å². The van der Waals surface area contributed by atoms with Crippen molar-refractivity contribution in [2.75, 3.05) is 10.6 Å². The van der Waals surface area contributed by atoms with Crippen LogP contribution in [-0.2, 0) is 5.66 Å². The highest BCUT2D eigenvalue weighted by Crippen LogP contribution is 2.32.